The molecule has 12 heteroatoms. The summed E-state index contributed by atoms with van der Waals surface area (Å²) in [6.45, 7) is 4.60. The smallest absolute Gasteiger partial charge is 0.462 e. The van der Waals surface area contributed by atoms with Gasteiger partial charge < -0.3 is 24.2 Å². The van der Waals surface area contributed by atoms with E-state index >= 15 is 0 Å². The first-order valence-electron chi connectivity index (χ1n) is 29.9. The second-order valence-electron chi connectivity index (χ2n) is 20.2. The Labute approximate surface area is 441 Å². The molecule has 0 aromatic heterocycles. The predicted molar refractivity (Wildman–Crippen MR) is 298 cm³/mol. The van der Waals surface area contributed by atoms with Crippen molar-refractivity contribution in [1.29, 1.82) is 0 Å². The van der Waals surface area contributed by atoms with Gasteiger partial charge in [0, 0.05) is 19.3 Å². The average molecular weight is 1040 g/mol. The summed E-state index contributed by atoms with van der Waals surface area (Å²) in [6.07, 6.45) is 56.7. The number of aliphatic hydroxyl groups is 1. The highest BCUT2D eigenvalue weighted by Gasteiger charge is 2.28. The van der Waals surface area contributed by atoms with Crippen LogP contribution in [-0.2, 0) is 42.2 Å². The van der Waals surface area contributed by atoms with Crippen LogP contribution in [-0.4, -0.2) is 66.5 Å². The van der Waals surface area contributed by atoms with Gasteiger partial charge in [0.2, 0.25) is 0 Å². The molecule has 0 spiro atoms. The summed E-state index contributed by atoms with van der Waals surface area (Å²) in [5.74, 6) is -1.47. The largest absolute Gasteiger partial charge is 0.472 e. The Balaban J connectivity index is 4.68. The van der Waals surface area contributed by atoms with Crippen molar-refractivity contribution in [2.75, 3.05) is 26.4 Å². The highest BCUT2D eigenvalue weighted by Crippen LogP contribution is 2.43. The first-order chi connectivity index (χ1) is 35.2. The number of aliphatic hydroxyl groups excluding tert-OH is 1. The number of ether oxygens (including phenoxy) is 3. The van der Waals surface area contributed by atoms with E-state index in [0.717, 1.165) is 103 Å². The van der Waals surface area contributed by atoms with E-state index in [4.69, 9.17) is 23.3 Å². The minimum Gasteiger partial charge on any atom is -0.462 e. The monoisotopic (exact) mass is 1040 g/mol. The lowest BCUT2D eigenvalue weighted by Crippen LogP contribution is -2.30. The Morgan fingerprint density at radius 1 is 0.389 bits per heavy atom. The van der Waals surface area contributed by atoms with E-state index in [2.05, 4.69) is 57.2 Å². The molecule has 0 aliphatic rings. The first kappa shape index (κ1) is 69.7. The molecule has 3 unspecified atom stereocenters. The van der Waals surface area contributed by atoms with E-state index in [1.807, 2.05) is 0 Å². The maximum Gasteiger partial charge on any atom is 0.472 e. The van der Waals surface area contributed by atoms with Crippen LogP contribution in [0.4, 0.5) is 0 Å². The Bertz CT molecular complexity index is 1350. The molecule has 0 saturated heterocycles. The fraction of sp³-hybridized carbons (Fsp3) is 0.850. The fourth-order valence-electron chi connectivity index (χ4n) is 8.45. The van der Waals surface area contributed by atoms with E-state index in [0.29, 0.717) is 19.3 Å². The molecular weight excluding hydrogens is 928 g/mol. The molecule has 0 bridgehead atoms. The molecular formula is C60H111O11P. The molecule has 72 heavy (non-hydrogen) atoms. The minimum absolute atomic E-state index is 0.169. The van der Waals surface area contributed by atoms with Crippen molar-refractivity contribution in [1.82, 2.24) is 0 Å². The third-order valence-electron chi connectivity index (χ3n) is 13.0. The number of hydrogen-bond donors (Lipinski definition) is 2. The Morgan fingerprint density at radius 2 is 0.708 bits per heavy atom. The van der Waals surface area contributed by atoms with Gasteiger partial charge in [-0.15, -0.1) is 0 Å². The van der Waals surface area contributed by atoms with Crippen LogP contribution >= 0.6 is 7.82 Å². The quantitative estimate of drug-likeness (QED) is 0.0197. The molecule has 2 N–H and O–H groups in total. The average Bonchev–Trinajstić information content (AvgIpc) is 3.37. The van der Waals surface area contributed by atoms with Crippen LogP contribution in [0, 0.1) is 0 Å². The molecule has 0 aliphatic carbocycles. The van der Waals surface area contributed by atoms with Gasteiger partial charge in [0.15, 0.2) is 6.10 Å². The van der Waals surface area contributed by atoms with Gasteiger partial charge in [-0.3, -0.25) is 23.4 Å². The summed E-state index contributed by atoms with van der Waals surface area (Å²) in [5, 5.41) is 9.82. The Morgan fingerprint density at radius 3 is 1.10 bits per heavy atom. The van der Waals surface area contributed by atoms with Crippen LogP contribution < -0.4 is 0 Å². The second kappa shape index (κ2) is 54.9. The summed E-state index contributed by atoms with van der Waals surface area (Å²) < 4.78 is 39.5. The Hall–Kier alpha value is -2.30. The molecule has 0 rings (SSSR count). The van der Waals surface area contributed by atoms with Gasteiger partial charge in [0.05, 0.1) is 19.8 Å². The number of phosphoric ester groups is 1. The summed E-state index contributed by atoms with van der Waals surface area (Å²) in [7, 11) is -4.75. The number of unbranched alkanes of at least 4 members (excludes halogenated alkanes) is 33. The van der Waals surface area contributed by atoms with Gasteiger partial charge in [0.25, 0.3) is 0 Å². The van der Waals surface area contributed by atoms with Crippen LogP contribution in [0.15, 0.2) is 36.5 Å². The van der Waals surface area contributed by atoms with Crippen molar-refractivity contribution >= 4 is 25.7 Å². The van der Waals surface area contributed by atoms with Crippen molar-refractivity contribution < 1.29 is 52.2 Å². The number of hydrogen-bond acceptors (Lipinski definition) is 10. The molecule has 0 radical (unpaired) electrons. The lowest BCUT2D eigenvalue weighted by atomic mass is 10.0. The lowest BCUT2D eigenvalue weighted by Gasteiger charge is -2.21. The molecule has 0 aromatic carbocycles. The van der Waals surface area contributed by atoms with Crippen molar-refractivity contribution in [3.63, 3.8) is 0 Å². The fourth-order valence-corrected chi connectivity index (χ4v) is 9.23. The number of phosphoric acid groups is 1. The summed E-state index contributed by atoms with van der Waals surface area (Å²) in [4.78, 5) is 48.5. The van der Waals surface area contributed by atoms with Gasteiger partial charge in [-0.05, 0) is 70.6 Å². The van der Waals surface area contributed by atoms with Gasteiger partial charge >= 0.3 is 25.7 Å². The molecule has 0 aliphatic heterocycles. The number of allylic oxidation sites excluding steroid dienone is 6. The molecule has 3 atom stereocenters. The predicted octanol–water partition coefficient (Wildman–Crippen LogP) is 17.6. The van der Waals surface area contributed by atoms with Crippen molar-refractivity contribution in [3.8, 4) is 0 Å². The normalized spacial score (nSPS) is 13.6. The van der Waals surface area contributed by atoms with Crippen molar-refractivity contribution in [2.45, 2.75) is 303 Å². The molecule has 0 saturated carbocycles. The zero-order valence-corrected chi connectivity index (χ0v) is 47.6. The van der Waals surface area contributed by atoms with E-state index in [1.165, 1.54) is 128 Å². The van der Waals surface area contributed by atoms with E-state index in [9.17, 15) is 28.9 Å². The lowest BCUT2D eigenvalue weighted by molar-refractivity contribution is -0.161. The molecule has 11 nitrogen and oxygen atoms in total. The van der Waals surface area contributed by atoms with Crippen molar-refractivity contribution in [3.05, 3.63) is 36.5 Å². The van der Waals surface area contributed by atoms with Crippen LogP contribution in [0.25, 0.3) is 0 Å². The molecule has 0 fully saturated rings. The zero-order valence-electron chi connectivity index (χ0n) is 46.7. The standard InChI is InChI=1S/C60H111O11P/c1-4-7-10-13-16-19-22-25-27-28-30-33-36-39-42-45-48-51-60(64)71-57(53-67-58(62)49-46-43-40-37-34-31-24-21-18-15-12-9-6-3)55-69-72(65,66)68-54-56(52-61)70-59(63)50-47-44-41-38-35-32-29-26-23-20-17-14-11-8-5-2/h12,15,21,24,26,29,56-57,61H,4-11,13-14,16-20,22-23,25,27-28,30-55H2,1-3H3,(H,65,66)/b15-12-,24-21-,29-26-. The minimum atomic E-state index is -4.75. The number of carbonyl (C=O) groups is 3. The van der Waals surface area contributed by atoms with Crippen LogP contribution in [0.1, 0.15) is 290 Å². The summed E-state index contributed by atoms with van der Waals surface area (Å²) in [5.41, 5.74) is 0. The van der Waals surface area contributed by atoms with Gasteiger partial charge in [-0.2, -0.15) is 0 Å². The molecule has 0 heterocycles. The zero-order chi connectivity index (χ0) is 52.7. The van der Waals surface area contributed by atoms with Crippen LogP contribution in [0.5, 0.6) is 0 Å². The molecule has 0 amide bonds. The van der Waals surface area contributed by atoms with Crippen LogP contribution in [0.2, 0.25) is 0 Å². The maximum atomic E-state index is 12.9. The van der Waals surface area contributed by atoms with Crippen LogP contribution in [0.3, 0.4) is 0 Å². The van der Waals surface area contributed by atoms with E-state index in [-0.39, 0.29) is 25.9 Å². The number of esters is 3. The summed E-state index contributed by atoms with van der Waals surface area (Å²) >= 11 is 0. The molecule has 422 valence electrons. The van der Waals surface area contributed by atoms with E-state index < -0.39 is 57.8 Å². The maximum absolute atomic E-state index is 12.9. The summed E-state index contributed by atoms with van der Waals surface area (Å²) in [6, 6.07) is 0. The third kappa shape index (κ3) is 52.6. The highest BCUT2D eigenvalue weighted by atomic mass is 31.2. The highest BCUT2D eigenvalue weighted by molar-refractivity contribution is 7.47. The third-order valence-corrected chi connectivity index (χ3v) is 14.0. The Kier molecular flexibility index (Phi) is 53.2. The topological polar surface area (TPSA) is 155 Å². The number of carbonyl (C=O) groups excluding carboxylic acids is 3. The van der Waals surface area contributed by atoms with Gasteiger partial charge in [-0.25, -0.2) is 4.57 Å². The van der Waals surface area contributed by atoms with Crippen molar-refractivity contribution in [2.24, 2.45) is 0 Å². The number of rotatable bonds is 56. The SMILES string of the molecule is CCC/C=C\C/C=C\CCCCCCCC(=O)OCC(COP(=O)(O)OCC(CO)OC(=O)CCCCCCC/C=C\CCCCCCCC)OC(=O)CCCCCCCCCCCCCCCCCCC. The van der Waals surface area contributed by atoms with E-state index in [1.54, 1.807) is 0 Å². The first-order valence-corrected chi connectivity index (χ1v) is 31.4. The van der Waals surface area contributed by atoms with Gasteiger partial charge in [0.1, 0.15) is 12.7 Å². The molecule has 0 aromatic rings. The second-order valence-corrected chi connectivity index (χ2v) is 21.6. The van der Waals surface area contributed by atoms with Gasteiger partial charge in [-0.1, -0.05) is 237 Å².